The Morgan fingerprint density at radius 3 is 2.37 bits per heavy atom. The minimum absolute atomic E-state index is 0.549. The molecule has 3 aromatic carbocycles. The SMILES string of the molecule is c1ccc(-c2oc3ncn4nc(CSc5nc6ccccc6s5)nc4c3c2-c2ccccc2)cc1. The van der Waals surface area contributed by atoms with Gasteiger partial charge in [0.25, 0.3) is 0 Å². The number of hydrogen-bond acceptors (Lipinski definition) is 7. The normalized spacial score (nSPS) is 11.7. The molecule has 168 valence electrons. The second-order valence-corrected chi connectivity index (χ2v) is 10.2. The van der Waals surface area contributed by atoms with Crippen LogP contribution in [0, 0.1) is 0 Å². The topological polar surface area (TPSA) is 69.1 Å². The second kappa shape index (κ2) is 8.33. The fourth-order valence-corrected chi connectivity index (χ4v) is 6.13. The van der Waals surface area contributed by atoms with E-state index < -0.39 is 0 Å². The number of nitrogens with zero attached hydrogens (tertiary/aromatic N) is 5. The van der Waals surface area contributed by atoms with E-state index in [1.54, 1.807) is 33.9 Å². The lowest BCUT2D eigenvalue weighted by Gasteiger charge is -2.03. The van der Waals surface area contributed by atoms with Crippen molar-refractivity contribution in [3.05, 3.63) is 97.1 Å². The fourth-order valence-electron chi connectivity index (χ4n) is 4.22. The van der Waals surface area contributed by atoms with E-state index in [0.717, 1.165) is 49.2 Å². The Morgan fingerprint density at radius 2 is 1.57 bits per heavy atom. The summed E-state index contributed by atoms with van der Waals surface area (Å²) < 4.78 is 10.2. The second-order valence-electron chi connectivity index (χ2n) is 8.00. The van der Waals surface area contributed by atoms with Gasteiger partial charge in [0.05, 0.1) is 21.4 Å². The molecule has 0 atom stereocenters. The first-order valence-corrected chi connectivity index (χ1v) is 12.9. The van der Waals surface area contributed by atoms with Crippen molar-refractivity contribution < 1.29 is 4.42 Å². The number of benzene rings is 3. The Morgan fingerprint density at radius 1 is 0.829 bits per heavy atom. The van der Waals surface area contributed by atoms with E-state index in [9.17, 15) is 0 Å². The molecule has 4 aromatic heterocycles. The van der Waals surface area contributed by atoms with E-state index in [4.69, 9.17) is 19.5 Å². The number of fused-ring (bicyclic) bond motifs is 4. The van der Waals surface area contributed by atoms with E-state index in [2.05, 4.69) is 23.2 Å². The van der Waals surface area contributed by atoms with E-state index in [0.29, 0.717) is 11.5 Å². The lowest BCUT2D eigenvalue weighted by molar-refractivity contribution is 0.617. The molecule has 0 aliphatic carbocycles. The highest BCUT2D eigenvalue weighted by molar-refractivity contribution is 8.00. The molecule has 7 rings (SSSR count). The van der Waals surface area contributed by atoms with Crippen LogP contribution < -0.4 is 0 Å². The zero-order valence-corrected chi connectivity index (χ0v) is 20.0. The highest BCUT2D eigenvalue weighted by atomic mass is 32.2. The minimum Gasteiger partial charge on any atom is -0.437 e. The first kappa shape index (κ1) is 20.4. The van der Waals surface area contributed by atoms with Gasteiger partial charge in [0.15, 0.2) is 15.8 Å². The molecule has 7 aromatic rings. The number of thioether (sulfide) groups is 1. The number of aromatic nitrogens is 5. The number of para-hydroxylation sites is 1. The maximum atomic E-state index is 6.31. The van der Waals surface area contributed by atoms with Crippen molar-refractivity contribution in [3.63, 3.8) is 0 Å². The Balaban J connectivity index is 1.35. The summed E-state index contributed by atoms with van der Waals surface area (Å²) in [5, 5.41) is 5.57. The monoisotopic (exact) mass is 491 g/mol. The molecule has 35 heavy (non-hydrogen) atoms. The minimum atomic E-state index is 0.549. The van der Waals surface area contributed by atoms with Crippen LogP contribution in [0.3, 0.4) is 0 Å². The van der Waals surface area contributed by atoms with E-state index in [1.165, 1.54) is 4.70 Å². The first-order chi connectivity index (χ1) is 17.3. The maximum Gasteiger partial charge on any atom is 0.232 e. The van der Waals surface area contributed by atoms with Crippen LogP contribution in [0.5, 0.6) is 0 Å². The predicted octanol–water partition coefficient (Wildman–Crippen LogP) is 7.11. The molecular formula is C27H17N5OS2. The molecule has 0 bridgehead atoms. The summed E-state index contributed by atoms with van der Waals surface area (Å²) in [4.78, 5) is 14.2. The predicted molar refractivity (Wildman–Crippen MR) is 141 cm³/mol. The largest absolute Gasteiger partial charge is 0.437 e. The summed E-state index contributed by atoms with van der Waals surface area (Å²) in [5.41, 5.74) is 5.32. The van der Waals surface area contributed by atoms with Gasteiger partial charge in [-0.3, -0.25) is 0 Å². The molecule has 0 saturated carbocycles. The fraction of sp³-hybridized carbons (Fsp3) is 0.0370. The Bertz CT molecular complexity index is 1770. The van der Waals surface area contributed by atoms with Gasteiger partial charge in [-0.15, -0.1) is 16.4 Å². The standard InChI is InChI=1S/C27H17N5OS2/c1-3-9-17(10-4-1)22-23-25-30-21(15-34-27-29-19-13-7-8-14-20(19)35-27)31-32(25)16-28-26(23)33-24(22)18-11-5-2-6-12-18/h1-14,16H,15H2. The number of furan rings is 1. The molecule has 0 fully saturated rings. The van der Waals surface area contributed by atoms with E-state index >= 15 is 0 Å². The molecule has 0 unspecified atom stereocenters. The molecule has 0 spiro atoms. The number of thiazole rings is 1. The van der Waals surface area contributed by atoms with Gasteiger partial charge in [0.1, 0.15) is 12.1 Å². The van der Waals surface area contributed by atoms with Crippen LogP contribution >= 0.6 is 23.1 Å². The average molecular weight is 492 g/mol. The first-order valence-electron chi connectivity index (χ1n) is 11.1. The van der Waals surface area contributed by atoms with Crippen LogP contribution in [-0.4, -0.2) is 24.6 Å². The summed E-state index contributed by atoms with van der Waals surface area (Å²) in [6.07, 6.45) is 1.67. The third-order valence-corrected chi connectivity index (χ3v) is 7.95. The summed E-state index contributed by atoms with van der Waals surface area (Å²) in [6, 6.07) is 28.5. The molecule has 0 amide bonds. The Hall–Kier alpha value is -4.01. The van der Waals surface area contributed by atoms with Crippen LogP contribution in [0.2, 0.25) is 0 Å². The smallest absolute Gasteiger partial charge is 0.232 e. The van der Waals surface area contributed by atoms with Crippen LogP contribution in [0.1, 0.15) is 5.82 Å². The van der Waals surface area contributed by atoms with Crippen LogP contribution in [-0.2, 0) is 5.75 Å². The van der Waals surface area contributed by atoms with E-state index in [1.807, 2.05) is 66.7 Å². The molecular weight excluding hydrogens is 474 g/mol. The van der Waals surface area contributed by atoms with Gasteiger partial charge in [0, 0.05) is 11.1 Å². The van der Waals surface area contributed by atoms with Crippen molar-refractivity contribution in [1.82, 2.24) is 24.6 Å². The Labute approximate surface area is 208 Å². The summed E-state index contributed by atoms with van der Waals surface area (Å²) in [7, 11) is 0. The summed E-state index contributed by atoms with van der Waals surface area (Å²) in [6.45, 7) is 0. The summed E-state index contributed by atoms with van der Waals surface area (Å²) >= 11 is 3.34. The van der Waals surface area contributed by atoms with Gasteiger partial charge in [-0.1, -0.05) is 84.6 Å². The number of rotatable bonds is 5. The van der Waals surface area contributed by atoms with Crippen molar-refractivity contribution in [3.8, 4) is 22.5 Å². The molecule has 0 aliphatic rings. The Kier molecular flexibility index (Phi) is 4.85. The third kappa shape index (κ3) is 3.58. The molecule has 0 N–H and O–H groups in total. The van der Waals surface area contributed by atoms with E-state index in [-0.39, 0.29) is 0 Å². The summed E-state index contributed by atoms with van der Waals surface area (Å²) in [5.74, 6) is 2.12. The molecule has 0 radical (unpaired) electrons. The highest BCUT2D eigenvalue weighted by Crippen LogP contribution is 2.41. The molecule has 6 nitrogen and oxygen atoms in total. The van der Waals surface area contributed by atoms with Gasteiger partial charge >= 0.3 is 0 Å². The van der Waals surface area contributed by atoms with Crippen molar-refractivity contribution in [2.24, 2.45) is 0 Å². The zero-order valence-electron chi connectivity index (χ0n) is 18.3. The maximum absolute atomic E-state index is 6.31. The lowest BCUT2D eigenvalue weighted by Crippen LogP contribution is -1.91. The van der Waals surface area contributed by atoms with Gasteiger partial charge in [-0.25, -0.2) is 19.5 Å². The number of hydrogen-bond donors (Lipinski definition) is 0. The lowest BCUT2D eigenvalue weighted by atomic mass is 9.99. The molecule has 8 heteroatoms. The van der Waals surface area contributed by atoms with Crippen LogP contribution in [0.4, 0.5) is 0 Å². The van der Waals surface area contributed by atoms with Crippen molar-refractivity contribution in [2.75, 3.05) is 0 Å². The molecule has 4 heterocycles. The van der Waals surface area contributed by atoms with Gasteiger partial charge < -0.3 is 4.42 Å². The van der Waals surface area contributed by atoms with Crippen molar-refractivity contribution >= 4 is 50.1 Å². The van der Waals surface area contributed by atoms with Gasteiger partial charge in [-0.05, 0) is 17.7 Å². The molecule has 0 saturated heterocycles. The van der Waals surface area contributed by atoms with Crippen molar-refractivity contribution in [1.29, 1.82) is 0 Å². The van der Waals surface area contributed by atoms with Gasteiger partial charge in [0.2, 0.25) is 5.71 Å². The highest BCUT2D eigenvalue weighted by Gasteiger charge is 2.22. The quantitative estimate of drug-likeness (QED) is 0.239. The van der Waals surface area contributed by atoms with Crippen LogP contribution in [0.25, 0.3) is 49.4 Å². The van der Waals surface area contributed by atoms with Crippen molar-refractivity contribution in [2.45, 2.75) is 10.1 Å². The average Bonchev–Trinajstić information content (AvgIpc) is 3.62. The molecule has 0 aliphatic heterocycles. The van der Waals surface area contributed by atoms with Crippen LogP contribution in [0.15, 0.2) is 100 Å². The van der Waals surface area contributed by atoms with Gasteiger partial charge in [-0.2, -0.15) is 0 Å². The third-order valence-electron chi connectivity index (χ3n) is 5.77. The zero-order chi connectivity index (χ0) is 23.2.